The van der Waals surface area contributed by atoms with Crippen molar-refractivity contribution in [3.63, 3.8) is 0 Å². The van der Waals surface area contributed by atoms with Crippen LogP contribution in [0.25, 0.3) is 0 Å². The van der Waals surface area contributed by atoms with Crippen molar-refractivity contribution < 1.29 is 9.18 Å². The molecule has 7 heteroatoms. The van der Waals surface area contributed by atoms with Crippen LogP contribution >= 0.6 is 11.3 Å². The summed E-state index contributed by atoms with van der Waals surface area (Å²) in [6.07, 6.45) is 0.488. The number of hydrogen-bond donors (Lipinski definition) is 0. The number of carbonyl (C=O) groups excluding carboxylic acids is 1. The van der Waals surface area contributed by atoms with Crippen molar-refractivity contribution in [1.29, 1.82) is 0 Å². The maximum absolute atomic E-state index is 13.2. The molecule has 1 fully saturated rings. The summed E-state index contributed by atoms with van der Waals surface area (Å²) >= 11 is 1.61. The van der Waals surface area contributed by atoms with Gasteiger partial charge in [-0.2, -0.15) is 0 Å². The molecule has 0 saturated carbocycles. The maximum Gasteiger partial charge on any atom is 0.224 e. The molecule has 140 valence electrons. The molecule has 26 heavy (non-hydrogen) atoms. The lowest BCUT2D eigenvalue weighted by Gasteiger charge is -2.34. The van der Waals surface area contributed by atoms with Gasteiger partial charge in [-0.25, -0.2) is 4.39 Å². The summed E-state index contributed by atoms with van der Waals surface area (Å²) in [5.41, 5.74) is 0.957. The van der Waals surface area contributed by atoms with Gasteiger partial charge >= 0.3 is 0 Å². The quantitative estimate of drug-likeness (QED) is 0.804. The smallest absolute Gasteiger partial charge is 0.224 e. The van der Waals surface area contributed by atoms with E-state index in [1.807, 2.05) is 11.8 Å². The molecule has 1 aromatic heterocycles. The molecule has 2 heterocycles. The summed E-state index contributed by atoms with van der Waals surface area (Å²) < 4.78 is 13.2. The monoisotopic (exact) mass is 376 g/mol. The average molecular weight is 377 g/mol. The Labute approximate surface area is 157 Å². The topological polar surface area (TPSA) is 49.3 Å². The molecule has 0 radical (unpaired) electrons. The van der Waals surface area contributed by atoms with Gasteiger partial charge in [-0.1, -0.05) is 26.0 Å². The molecule has 1 aliphatic heterocycles. The van der Waals surface area contributed by atoms with E-state index < -0.39 is 0 Å². The molecule has 5 nitrogen and oxygen atoms in total. The minimum absolute atomic E-state index is 0.115. The van der Waals surface area contributed by atoms with Gasteiger partial charge in [-0.15, -0.1) is 21.5 Å². The van der Waals surface area contributed by atoms with Crippen molar-refractivity contribution >= 4 is 17.2 Å². The number of benzene rings is 1. The second-order valence-electron chi connectivity index (χ2n) is 7.16. The Bertz CT molecular complexity index is 746. The van der Waals surface area contributed by atoms with E-state index in [1.165, 1.54) is 12.1 Å². The highest BCUT2D eigenvalue weighted by molar-refractivity contribution is 7.11. The number of nitrogens with zero attached hydrogens (tertiary/aromatic N) is 4. The van der Waals surface area contributed by atoms with Gasteiger partial charge < -0.3 is 4.90 Å². The Morgan fingerprint density at radius 3 is 2.58 bits per heavy atom. The highest BCUT2D eigenvalue weighted by Crippen LogP contribution is 2.22. The first-order valence-electron chi connectivity index (χ1n) is 8.97. The number of aromatic nitrogens is 2. The largest absolute Gasteiger partial charge is 0.334 e. The first-order valence-corrected chi connectivity index (χ1v) is 9.79. The molecule has 3 rings (SSSR count). The van der Waals surface area contributed by atoms with E-state index in [-0.39, 0.29) is 17.8 Å². The van der Waals surface area contributed by atoms with E-state index >= 15 is 0 Å². The number of rotatable bonds is 5. The fourth-order valence-corrected chi connectivity index (χ4v) is 4.09. The fourth-order valence-electron chi connectivity index (χ4n) is 3.34. The van der Waals surface area contributed by atoms with Crippen molar-refractivity contribution in [2.24, 2.45) is 5.92 Å². The summed E-state index contributed by atoms with van der Waals surface area (Å²) in [7, 11) is 0. The molecule has 1 atom stereocenters. The zero-order chi connectivity index (χ0) is 18.7. The Balaban J connectivity index is 1.75. The van der Waals surface area contributed by atoms with Gasteiger partial charge in [-0.3, -0.25) is 9.69 Å². The Kier molecular flexibility index (Phi) is 5.98. The highest BCUT2D eigenvalue weighted by atomic mass is 32.1. The van der Waals surface area contributed by atoms with Crippen LogP contribution in [-0.2, 0) is 17.9 Å². The third-order valence-electron chi connectivity index (χ3n) is 4.77. The lowest BCUT2D eigenvalue weighted by Crippen LogP contribution is -2.45. The minimum atomic E-state index is -0.255. The molecule has 0 bridgehead atoms. The van der Waals surface area contributed by atoms with E-state index in [4.69, 9.17) is 0 Å². The van der Waals surface area contributed by atoms with Crippen LogP contribution in [0.5, 0.6) is 0 Å². The summed E-state index contributed by atoms with van der Waals surface area (Å²) in [4.78, 5) is 17.1. The standard InChI is InChI=1S/C19H25FN4OS/c1-13(2)17-11-23(12-18-22-21-14(3)26-18)9-8-19(25)24(17)10-15-4-6-16(20)7-5-15/h4-7,13,17H,8-12H2,1-3H3/t17-/m1/s1. The molecule has 2 aromatic rings. The highest BCUT2D eigenvalue weighted by Gasteiger charge is 2.32. The summed E-state index contributed by atoms with van der Waals surface area (Å²) in [6, 6.07) is 6.53. The predicted molar refractivity (Wildman–Crippen MR) is 100 cm³/mol. The molecule has 0 unspecified atom stereocenters. The van der Waals surface area contributed by atoms with Crippen LogP contribution in [0, 0.1) is 18.7 Å². The van der Waals surface area contributed by atoms with E-state index in [9.17, 15) is 9.18 Å². The van der Waals surface area contributed by atoms with E-state index in [0.717, 1.165) is 35.2 Å². The summed E-state index contributed by atoms with van der Waals surface area (Å²) in [6.45, 7) is 9.03. The molecule has 1 saturated heterocycles. The van der Waals surface area contributed by atoms with Crippen molar-refractivity contribution in [3.8, 4) is 0 Å². The maximum atomic E-state index is 13.2. The summed E-state index contributed by atoms with van der Waals surface area (Å²) in [5.74, 6) is 0.231. The average Bonchev–Trinajstić information content (AvgIpc) is 2.94. The van der Waals surface area contributed by atoms with Crippen molar-refractivity contribution in [2.75, 3.05) is 13.1 Å². The first kappa shape index (κ1) is 18.9. The second kappa shape index (κ2) is 8.22. The number of aryl methyl sites for hydroxylation is 1. The predicted octanol–water partition coefficient (Wildman–Crippen LogP) is 3.24. The molecular weight excluding hydrogens is 351 g/mol. The normalized spacial score (nSPS) is 19.2. The van der Waals surface area contributed by atoms with Gasteiger partial charge in [0.1, 0.15) is 15.8 Å². The SMILES string of the molecule is Cc1nnc(CN2CCC(=O)N(Cc3ccc(F)cc3)[C@@H](C(C)C)C2)s1. The number of hydrogen-bond acceptors (Lipinski definition) is 5. The Morgan fingerprint density at radius 1 is 1.23 bits per heavy atom. The molecule has 0 N–H and O–H groups in total. The number of carbonyl (C=O) groups is 1. The van der Waals surface area contributed by atoms with Gasteiger partial charge in [-0.05, 0) is 30.5 Å². The van der Waals surface area contributed by atoms with E-state index in [1.54, 1.807) is 23.5 Å². The molecule has 1 aliphatic rings. The fraction of sp³-hybridized carbons (Fsp3) is 0.526. The molecular formula is C19H25FN4OS. The van der Waals surface area contributed by atoms with Crippen molar-refractivity contribution in [2.45, 2.75) is 46.3 Å². The number of halogens is 1. The van der Waals surface area contributed by atoms with Gasteiger partial charge in [0.05, 0.1) is 6.54 Å². The van der Waals surface area contributed by atoms with Crippen LogP contribution < -0.4 is 0 Å². The minimum Gasteiger partial charge on any atom is -0.334 e. The van der Waals surface area contributed by atoms with Crippen LogP contribution in [0.15, 0.2) is 24.3 Å². The first-order chi connectivity index (χ1) is 12.4. The Hall–Kier alpha value is -1.86. The van der Waals surface area contributed by atoms with Gasteiger partial charge in [0, 0.05) is 32.1 Å². The zero-order valence-electron chi connectivity index (χ0n) is 15.5. The van der Waals surface area contributed by atoms with E-state index in [2.05, 4.69) is 28.9 Å². The molecule has 1 amide bonds. The van der Waals surface area contributed by atoms with Crippen molar-refractivity contribution in [3.05, 3.63) is 45.7 Å². The summed E-state index contributed by atoms with van der Waals surface area (Å²) in [5, 5.41) is 10.3. The third-order valence-corrected chi connectivity index (χ3v) is 5.59. The van der Waals surface area contributed by atoms with Crippen molar-refractivity contribution in [1.82, 2.24) is 20.0 Å². The molecule has 0 spiro atoms. The van der Waals surface area contributed by atoms with Crippen LogP contribution in [0.3, 0.4) is 0 Å². The van der Waals surface area contributed by atoms with E-state index in [0.29, 0.717) is 18.9 Å². The molecule has 1 aromatic carbocycles. The van der Waals surface area contributed by atoms with Crippen LogP contribution in [0.2, 0.25) is 0 Å². The van der Waals surface area contributed by atoms with Crippen LogP contribution in [0.1, 0.15) is 35.8 Å². The lowest BCUT2D eigenvalue weighted by molar-refractivity contribution is -0.134. The number of amides is 1. The van der Waals surface area contributed by atoms with Crippen LogP contribution in [0.4, 0.5) is 4.39 Å². The zero-order valence-corrected chi connectivity index (χ0v) is 16.3. The van der Waals surface area contributed by atoms with Gasteiger partial charge in [0.25, 0.3) is 0 Å². The second-order valence-corrected chi connectivity index (χ2v) is 8.43. The van der Waals surface area contributed by atoms with Gasteiger partial charge in [0.2, 0.25) is 5.91 Å². The Morgan fingerprint density at radius 2 is 1.96 bits per heavy atom. The lowest BCUT2D eigenvalue weighted by atomic mass is 10.0. The third kappa shape index (κ3) is 4.65. The van der Waals surface area contributed by atoms with Gasteiger partial charge in [0.15, 0.2) is 0 Å². The molecule has 0 aliphatic carbocycles. The van der Waals surface area contributed by atoms with Crippen LogP contribution in [-0.4, -0.2) is 45.0 Å².